The van der Waals surface area contributed by atoms with Gasteiger partial charge in [-0.05, 0) is 43.3 Å². The Morgan fingerprint density at radius 3 is 2.59 bits per heavy atom. The topological polar surface area (TPSA) is 80.6 Å². The molecule has 0 aliphatic carbocycles. The third-order valence-corrected chi connectivity index (χ3v) is 2.84. The summed E-state index contributed by atoms with van der Waals surface area (Å²) >= 11 is 0. The van der Waals surface area contributed by atoms with Crippen LogP contribution in [0, 0.1) is 0 Å². The number of ether oxygens (including phenoxy) is 1. The van der Waals surface area contributed by atoms with Gasteiger partial charge in [0.2, 0.25) is 5.91 Å². The molecule has 116 valence electrons. The number of carbonyl (C=O) groups excluding carboxylic acids is 2. The van der Waals surface area contributed by atoms with Crippen LogP contribution in [0.3, 0.4) is 0 Å². The molecule has 0 bridgehead atoms. The molecule has 0 saturated carbocycles. The molecule has 1 amide bonds. The van der Waals surface area contributed by atoms with Gasteiger partial charge in [0, 0.05) is 5.69 Å². The molecule has 2 N–H and O–H groups in total. The Labute approximate surface area is 128 Å². The minimum absolute atomic E-state index is 0.167. The second-order valence-electron chi connectivity index (χ2n) is 4.53. The van der Waals surface area contributed by atoms with Gasteiger partial charge in [0.1, 0.15) is 5.76 Å². The van der Waals surface area contributed by atoms with E-state index in [2.05, 4.69) is 10.6 Å². The van der Waals surface area contributed by atoms with Gasteiger partial charge in [-0.2, -0.15) is 0 Å². The summed E-state index contributed by atoms with van der Waals surface area (Å²) in [5, 5.41) is 5.71. The van der Waals surface area contributed by atoms with Crippen LogP contribution in [0.5, 0.6) is 0 Å². The van der Waals surface area contributed by atoms with Crippen molar-refractivity contribution >= 4 is 17.6 Å². The largest absolute Gasteiger partial charge is 0.468 e. The van der Waals surface area contributed by atoms with E-state index < -0.39 is 0 Å². The zero-order valence-corrected chi connectivity index (χ0v) is 12.3. The van der Waals surface area contributed by atoms with Crippen LogP contribution in [0.25, 0.3) is 0 Å². The Morgan fingerprint density at radius 1 is 1.18 bits per heavy atom. The lowest BCUT2D eigenvalue weighted by molar-refractivity contribution is -0.115. The van der Waals surface area contributed by atoms with Gasteiger partial charge in [-0.25, -0.2) is 4.79 Å². The van der Waals surface area contributed by atoms with Crippen LogP contribution in [0.2, 0.25) is 0 Å². The first-order chi connectivity index (χ1) is 10.7. The first-order valence-corrected chi connectivity index (χ1v) is 6.99. The van der Waals surface area contributed by atoms with Crippen molar-refractivity contribution in [3.05, 3.63) is 54.0 Å². The summed E-state index contributed by atoms with van der Waals surface area (Å²) in [6.45, 7) is 2.74. The SMILES string of the molecule is CCOC(=O)c1ccc(NC(=O)CNCc2ccco2)cc1. The molecule has 0 atom stereocenters. The van der Waals surface area contributed by atoms with E-state index in [4.69, 9.17) is 9.15 Å². The number of nitrogens with one attached hydrogen (secondary N) is 2. The summed E-state index contributed by atoms with van der Waals surface area (Å²) < 4.78 is 10.0. The second-order valence-corrected chi connectivity index (χ2v) is 4.53. The molecule has 2 rings (SSSR count). The Balaban J connectivity index is 1.77. The number of hydrogen-bond acceptors (Lipinski definition) is 5. The lowest BCUT2D eigenvalue weighted by Crippen LogP contribution is -2.27. The van der Waals surface area contributed by atoms with Crippen LogP contribution in [-0.4, -0.2) is 25.0 Å². The minimum Gasteiger partial charge on any atom is -0.468 e. The number of carbonyl (C=O) groups is 2. The maximum Gasteiger partial charge on any atom is 0.338 e. The molecule has 0 aliphatic heterocycles. The average molecular weight is 302 g/mol. The molecule has 1 heterocycles. The Kier molecular flexibility index (Phi) is 5.73. The molecule has 0 radical (unpaired) electrons. The van der Waals surface area contributed by atoms with Crippen LogP contribution in [-0.2, 0) is 16.1 Å². The monoisotopic (exact) mass is 302 g/mol. The van der Waals surface area contributed by atoms with Crippen molar-refractivity contribution in [1.82, 2.24) is 5.32 Å². The zero-order chi connectivity index (χ0) is 15.8. The molecule has 0 spiro atoms. The van der Waals surface area contributed by atoms with Crippen LogP contribution in [0.1, 0.15) is 23.0 Å². The van der Waals surface area contributed by atoms with Gasteiger partial charge in [-0.1, -0.05) is 0 Å². The Bertz CT molecular complexity index is 606. The summed E-state index contributed by atoms with van der Waals surface area (Å²) in [6.07, 6.45) is 1.59. The fraction of sp³-hybridized carbons (Fsp3) is 0.250. The molecule has 0 saturated heterocycles. The zero-order valence-electron chi connectivity index (χ0n) is 12.3. The first kappa shape index (κ1) is 15.8. The van der Waals surface area contributed by atoms with Crippen molar-refractivity contribution in [3.8, 4) is 0 Å². The average Bonchev–Trinajstić information content (AvgIpc) is 3.01. The number of hydrogen-bond donors (Lipinski definition) is 2. The summed E-state index contributed by atoms with van der Waals surface area (Å²) in [6, 6.07) is 10.2. The second kappa shape index (κ2) is 7.99. The van der Waals surface area contributed by atoms with E-state index in [1.54, 1.807) is 43.5 Å². The molecule has 1 aromatic heterocycles. The molecule has 0 fully saturated rings. The third kappa shape index (κ3) is 4.75. The smallest absolute Gasteiger partial charge is 0.338 e. The minimum atomic E-state index is -0.375. The van der Waals surface area contributed by atoms with Crippen molar-refractivity contribution in [2.24, 2.45) is 0 Å². The summed E-state index contributed by atoms with van der Waals surface area (Å²) in [4.78, 5) is 23.3. The maximum absolute atomic E-state index is 11.8. The van der Waals surface area contributed by atoms with E-state index in [0.717, 1.165) is 5.76 Å². The highest BCUT2D eigenvalue weighted by Crippen LogP contribution is 2.10. The predicted molar refractivity (Wildman–Crippen MR) is 81.4 cm³/mol. The Morgan fingerprint density at radius 2 is 1.95 bits per heavy atom. The van der Waals surface area contributed by atoms with Gasteiger partial charge >= 0.3 is 5.97 Å². The van der Waals surface area contributed by atoms with Crippen molar-refractivity contribution in [1.29, 1.82) is 0 Å². The summed E-state index contributed by atoms with van der Waals surface area (Å²) in [5.74, 6) is 0.225. The van der Waals surface area contributed by atoms with E-state index in [1.165, 1.54) is 0 Å². The van der Waals surface area contributed by atoms with Gasteiger partial charge in [0.15, 0.2) is 0 Å². The number of amides is 1. The van der Waals surface area contributed by atoms with Crippen molar-refractivity contribution in [3.63, 3.8) is 0 Å². The molecular formula is C16H18N2O4. The number of benzene rings is 1. The van der Waals surface area contributed by atoms with E-state index in [9.17, 15) is 9.59 Å². The molecule has 22 heavy (non-hydrogen) atoms. The van der Waals surface area contributed by atoms with Crippen molar-refractivity contribution < 1.29 is 18.7 Å². The van der Waals surface area contributed by atoms with Crippen molar-refractivity contribution in [2.45, 2.75) is 13.5 Å². The van der Waals surface area contributed by atoms with Crippen molar-refractivity contribution in [2.75, 3.05) is 18.5 Å². The standard InChI is InChI=1S/C16H18N2O4/c1-2-21-16(20)12-5-7-13(8-6-12)18-15(19)11-17-10-14-4-3-9-22-14/h3-9,17H,2,10-11H2,1H3,(H,18,19). The summed E-state index contributed by atoms with van der Waals surface area (Å²) in [5.41, 5.74) is 1.08. The molecule has 2 aromatic rings. The number of esters is 1. The number of rotatable bonds is 7. The molecule has 6 nitrogen and oxygen atoms in total. The fourth-order valence-electron chi connectivity index (χ4n) is 1.82. The molecule has 1 aromatic carbocycles. The van der Waals surface area contributed by atoms with Gasteiger partial charge in [0.05, 0.1) is 31.5 Å². The summed E-state index contributed by atoms with van der Waals surface area (Å²) in [7, 11) is 0. The highest BCUT2D eigenvalue weighted by atomic mass is 16.5. The number of anilines is 1. The van der Waals surface area contributed by atoms with Gasteiger partial charge in [-0.15, -0.1) is 0 Å². The number of furan rings is 1. The van der Waals surface area contributed by atoms with Crippen LogP contribution >= 0.6 is 0 Å². The molecule has 0 aliphatic rings. The van der Waals surface area contributed by atoms with E-state index >= 15 is 0 Å². The van der Waals surface area contributed by atoms with E-state index in [0.29, 0.717) is 24.4 Å². The predicted octanol–water partition coefficient (Wildman–Crippen LogP) is 2.18. The van der Waals surface area contributed by atoms with Gasteiger partial charge < -0.3 is 19.8 Å². The first-order valence-electron chi connectivity index (χ1n) is 6.99. The van der Waals surface area contributed by atoms with E-state index in [1.807, 2.05) is 6.07 Å². The Hall–Kier alpha value is -2.60. The quantitative estimate of drug-likeness (QED) is 0.766. The van der Waals surface area contributed by atoms with Crippen LogP contribution < -0.4 is 10.6 Å². The third-order valence-electron chi connectivity index (χ3n) is 2.84. The molecule has 0 unspecified atom stereocenters. The van der Waals surface area contributed by atoms with Crippen LogP contribution in [0.15, 0.2) is 47.1 Å². The van der Waals surface area contributed by atoms with Gasteiger partial charge in [0.25, 0.3) is 0 Å². The van der Waals surface area contributed by atoms with Gasteiger partial charge in [-0.3, -0.25) is 4.79 Å². The normalized spacial score (nSPS) is 10.2. The van der Waals surface area contributed by atoms with E-state index in [-0.39, 0.29) is 18.4 Å². The maximum atomic E-state index is 11.8. The molecular weight excluding hydrogens is 284 g/mol. The lowest BCUT2D eigenvalue weighted by atomic mass is 10.2. The highest BCUT2D eigenvalue weighted by Gasteiger charge is 2.07. The highest BCUT2D eigenvalue weighted by molar-refractivity contribution is 5.93. The lowest BCUT2D eigenvalue weighted by Gasteiger charge is -2.07. The van der Waals surface area contributed by atoms with Crippen LogP contribution in [0.4, 0.5) is 5.69 Å². The molecule has 6 heteroatoms. The fourth-order valence-corrected chi connectivity index (χ4v) is 1.82.